The number of carbonyl (C=O) groups excluding carboxylic acids is 1. The lowest BCUT2D eigenvalue weighted by atomic mass is 9.91. The quantitative estimate of drug-likeness (QED) is 0.686. The smallest absolute Gasteiger partial charge is 0.275 e. The predicted octanol–water partition coefficient (Wildman–Crippen LogP) is 4.57. The number of hydrogen-bond donors (Lipinski definition) is 1. The first-order chi connectivity index (χ1) is 15.1. The number of nitrogens with one attached hydrogen (secondary N) is 1. The summed E-state index contributed by atoms with van der Waals surface area (Å²) in [5, 5.41) is 3.30. The fraction of sp³-hybridized carbons (Fsp3) is 0.154. The molecule has 0 aromatic heterocycles. The van der Waals surface area contributed by atoms with Gasteiger partial charge in [0.2, 0.25) is 0 Å². The average molecular weight is 411 g/mol. The Labute approximate surface area is 180 Å². The van der Waals surface area contributed by atoms with Crippen molar-refractivity contribution in [3.8, 4) is 0 Å². The van der Waals surface area contributed by atoms with Crippen molar-refractivity contribution in [2.45, 2.75) is 13.0 Å². The molecule has 0 saturated carbocycles. The van der Waals surface area contributed by atoms with E-state index in [0.29, 0.717) is 24.4 Å². The number of aryl methyl sites for hydroxylation is 1. The van der Waals surface area contributed by atoms with Crippen LogP contribution in [0.25, 0.3) is 0 Å². The minimum Gasteiger partial charge on any atom is -0.378 e. The number of para-hydroxylation sites is 1. The normalized spacial score (nSPS) is 18.4. The monoisotopic (exact) mass is 411 g/mol. The lowest BCUT2D eigenvalue weighted by molar-refractivity contribution is -0.115. The van der Waals surface area contributed by atoms with Gasteiger partial charge in [-0.3, -0.25) is 14.7 Å². The number of hydrogen-bond acceptors (Lipinski definition) is 3. The second kappa shape index (κ2) is 7.84. The predicted molar refractivity (Wildman–Crippen MR) is 121 cm³/mol. The molecule has 2 aliphatic heterocycles. The van der Waals surface area contributed by atoms with Crippen LogP contribution in [0.5, 0.6) is 0 Å². The molecular weight excluding hydrogens is 389 g/mol. The highest BCUT2D eigenvalue weighted by Gasteiger charge is 2.44. The molecule has 0 spiro atoms. The van der Waals surface area contributed by atoms with E-state index in [4.69, 9.17) is 4.99 Å². The van der Waals surface area contributed by atoms with Gasteiger partial charge >= 0.3 is 0 Å². The van der Waals surface area contributed by atoms with Gasteiger partial charge in [0.15, 0.2) is 0 Å². The van der Waals surface area contributed by atoms with Gasteiger partial charge in [0.25, 0.3) is 5.91 Å². The Kier molecular flexibility index (Phi) is 4.86. The van der Waals surface area contributed by atoms with Crippen LogP contribution in [0.15, 0.2) is 95.1 Å². The zero-order valence-electron chi connectivity index (χ0n) is 17.2. The standard InChI is InChI=1S/C26H22FN3O/c1-17-10-12-18(13-11-17)23-22-24(29-15-14-28-23)26(31)30(21-8-3-2-4-9-21)25(22)19-6-5-7-20(27)16-19/h2-13,16,25,29H,14-15H2,1H3/t25-/m0/s1. The number of carbonyl (C=O) groups is 1. The SMILES string of the molecule is Cc1ccc(C2=NCCNC3=C2[C@H](c2cccc(F)c2)N(c2ccccc2)C3=O)cc1. The van der Waals surface area contributed by atoms with E-state index in [0.717, 1.165) is 28.1 Å². The molecule has 3 aromatic rings. The second-order valence-corrected chi connectivity index (χ2v) is 7.78. The van der Waals surface area contributed by atoms with Crippen molar-refractivity contribution in [3.05, 3.63) is 113 Å². The van der Waals surface area contributed by atoms with E-state index in [1.807, 2.05) is 67.6 Å². The largest absolute Gasteiger partial charge is 0.378 e. The number of nitrogens with zero attached hydrogens (tertiary/aromatic N) is 2. The lowest BCUT2D eigenvalue weighted by Gasteiger charge is -2.28. The molecule has 31 heavy (non-hydrogen) atoms. The van der Waals surface area contributed by atoms with Gasteiger partial charge in [-0.1, -0.05) is 60.2 Å². The molecule has 0 fully saturated rings. The summed E-state index contributed by atoms with van der Waals surface area (Å²) in [4.78, 5) is 20.2. The molecule has 2 heterocycles. The van der Waals surface area contributed by atoms with Crippen molar-refractivity contribution >= 4 is 17.3 Å². The zero-order chi connectivity index (χ0) is 21.4. The van der Waals surface area contributed by atoms with Crippen LogP contribution in [0, 0.1) is 12.7 Å². The second-order valence-electron chi connectivity index (χ2n) is 7.78. The molecular formula is C26H22FN3O. The summed E-state index contributed by atoms with van der Waals surface area (Å²) in [7, 11) is 0. The Morgan fingerprint density at radius 2 is 1.77 bits per heavy atom. The van der Waals surface area contributed by atoms with Crippen molar-refractivity contribution in [1.29, 1.82) is 0 Å². The molecule has 0 bridgehead atoms. The third-order valence-corrected chi connectivity index (χ3v) is 5.70. The summed E-state index contributed by atoms with van der Waals surface area (Å²) in [6.45, 7) is 3.17. The van der Waals surface area contributed by atoms with Crippen LogP contribution < -0.4 is 10.2 Å². The third kappa shape index (κ3) is 3.42. The maximum Gasteiger partial charge on any atom is 0.275 e. The topological polar surface area (TPSA) is 44.7 Å². The average Bonchev–Trinajstić information content (AvgIpc) is 2.93. The summed E-state index contributed by atoms with van der Waals surface area (Å²) < 4.78 is 14.3. The molecule has 5 heteroatoms. The number of halogens is 1. The third-order valence-electron chi connectivity index (χ3n) is 5.70. The van der Waals surface area contributed by atoms with Crippen molar-refractivity contribution in [2.24, 2.45) is 4.99 Å². The Hall–Kier alpha value is -3.73. The van der Waals surface area contributed by atoms with Gasteiger partial charge in [0.1, 0.15) is 11.5 Å². The number of amides is 1. The molecule has 0 saturated heterocycles. The van der Waals surface area contributed by atoms with E-state index in [1.54, 1.807) is 11.0 Å². The van der Waals surface area contributed by atoms with Crippen molar-refractivity contribution in [1.82, 2.24) is 5.32 Å². The lowest BCUT2D eigenvalue weighted by Crippen LogP contribution is -2.33. The molecule has 4 nitrogen and oxygen atoms in total. The van der Waals surface area contributed by atoms with Crippen LogP contribution >= 0.6 is 0 Å². The molecule has 3 aromatic carbocycles. The molecule has 1 amide bonds. The summed E-state index contributed by atoms with van der Waals surface area (Å²) in [6.07, 6.45) is 0. The molecule has 0 radical (unpaired) electrons. The zero-order valence-corrected chi connectivity index (χ0v) is 17.2. The first-order valence-electron chi connectivity index (χ1n) is 10.4. The summed E-state index contributed by atoms with van der Waals surface area (Å²) in [5.74, 6) is -0.459. The Bertz CT molecular complexity index is 1200. The number of rotatable bonds is 3. The fourth-order valence-electron chi connectivity index (χ4n) is 4.28. The van der Waals surface area contributed by atoms with Crippen LogP contribution in [-0.2, 0) is 4.79 Å². The Morgan fingerprint density at radius 1 is 1.00 bits per heavy atom. The Morgan fingerprint density at radius 3 is 2.52 bits per heavy atom. The van der Waals surface area contributed by atoms with Crippen molar-refractivity contribution in [2.75, 3.05) is 18.0 Å². The first kappa shape index (κ1) is 19.2. The van der Waals surface area contributed by atoms with Crippen LogP contribution in [0.3, 0.4) is 0 Å². The van der Waals surface area contributed by atoms with E-state index in [2.05, 4.69) is 5.32 Å². The highest BCUT2D eigenvalue weighted by atomic mass is 19.1. The number of aliphatic imine (C=N–C) groups is 1. The van der Waals surface area contributed by atoms with Crippen LogP contribution in [-0.4, -0.2) is 24.7 Å². The highest BCUT2D eigenvalue weighted by Crippen LogP contribution is 2.42. The van der Waals surface area contributed by atoms with Crippen LogP contribution in [0.4, 0.5) is 10.1 Å². The Balaban J connectivity index is 1.73. The molecule has 0 aliphatic carbocycles. The summed E-state index contributed by atoms with van der Waals surface area (Å²) in [6, 6.07) is 23.7. The van der Waals surface area contributed by atoms with Gasteiger partial charge in [0, 0.05) is 23.4 Å². The minimum atomic E-state index is -0.480. The minimum absolute atomic E-state index is 0.128. The molecule has 0 unspecified atom stereocenters. The maximum atomic E-state index is 14.3. The van der Waals surface area contributed by atoms with Crippen molar-refractivity contribution in [3.63, 3.8) is 0 Å². The van der Waals surface area contributed by atoms with Crippen molar-refractivity contribution < 1.29 is 9.18 Å². The van der Waals surface area contributed by atoms with E-state index in [1.165, 1.54) is 12.1 Å². The van der Waals surface area contributed by atoms with E-state index >= 15 is 0 Å². The molecule has 1 N–H and O–H groups in total. The van der Waals surface area contributed by atoms with E-state index in [-0.39, 0.29) is 11.7 Å². The molecule has 5 rings (SSSR count). The fourth-order valence-corrected chi connectivity index (χ4v) is 4.28. The van der Waals surface area contributed by atoms with E-state index in [9.17, 15) is 9.18 Å². The summed E-state index contributed by atoms with van der Waals surface area (Å²) >= 11 is 0. The summed E-state index contributed by atoms with van der Waals surface area (Å²) in [5.41, 5.74) is 5.69. The van der Waals surface area contributed by atoms with Gasteiger partial charge < -0.3 is 5.32 Å². The van der Waals surface area contributed by atoms with Gasteiger partial charge in [-0.25, -0.2) is 4.39 Å². The van der Waals surface area contributed by atoms with Gasteiger partial charge in [-0.15, -0.1) is 0 Å². The van der Waals surface area contributed by atoms with E-state index < -0.39 is 6.04 Å². The van der Waals surface area contributed by atoms with Crippen LogP contribution in [0.1, 0.15) is 22.7 Å². The van der Waals surface area contributed by atoms with Gasteiger partial charge in [-0.2, -0.15) is 0 Å². The number of benzene rings is 3. The first-order valence-corrected chi connectivity index (χ1v) is 10.4. The molecule has 1 atom stereocenters. The number of anilines is 1. The van der Waals surface area contributed by atoms with Crippen LogP contribution in [0.2, 0.25) is 0 Å². The maximum absolute atomic E-state index is 14.3. The van der Waals surface area contributed by atoms with Gasteiger partial charge in [-0.05, 0) is 36.8 Å². The highest BCUT2D eigenvalue weighted by molar-refractivity contribution is 6.23. The van der Waals surface area contributed by atoms with Gasteiger partial charge in [0.05, 0.1) is 18.3 Å². The molecule has 154 valence electrons. The molecule has 2 aliphatic rings.